The van der Waals surface area contributed by atoms with Gasteiger partial charge in [0.15, 0.2) is 0 Å². The molecule has 2 nitrogen and oxygen atoms in total. The van der Waals surface area contributed by atoms with Gasteiger partial charge in [-0.2, -0.15) is 0 Å². The van der Waals surface area contributed by atoms with Gasteiger partial charge in [0.2, 0.25) is 0 Å². The molecule has 0 saturated heterocycles. The molecule has 4 heterocycles. The minimum Gasteiger partial charge on any atom is -0.375 e. The van der Waals surface area contributed by atoms with Gasteiger partial charge in [0.05, 0.1) is 11.1 Å². The number of benzene rings is 8. The third-order valence-corrected chi connectivity index (χ3v) is 23.8. The van der Waals surface area contributed by atoms with E-state index in [1.165, 1.54) is 158 Å². The lowest BCUT2D eigenvalue weighted by molar-refractivity contribution is -0.175. The Morgan fingerprint density at radius 2 is 1.23 bits per heavy atom. The summed E-state index contributed by atoms with van der Waals surface area (Å²) in [5.41, 5.74) is 22.9. The fourth-order valence-corrected chi connectivity index (χ4v) is 21.7. The summed E-state index contributed by atoms with van der Waals surface area (Å²) in [7, 11) is 0. The van der Waals surface area contributed by atoms with Gasteiger partial charge in [0, 0.05) is 38.7 Å². The number of hydrogen-bond acceptors (Lipinski definition) is 1. The smallest absolute Gasteiger partial charge is 0.333 e. The predicted molar refractivity (Wildman–Crippen MR) is 285 cm³/mol. The largest absolute Gasteiger partial charge is 0.375 e. The van der Waals surface area contributed by atoms with Crippen LogP contribution in [0, 0.1) is 46.3 Å². The van der Waals surface area contributed by atoms with Crippen LogP contribution >= 0.6 is 0 Å². The minimum absolute atomic E-state index is 0.00411. The average molecular weight is 897 g/mol. The van der Waals surface area contributed by atoms with Gasteiger partial charge in [-0.3, -0.25) is 0 Å². The monoisotopic (exact) mass is 896 g/mol. The highest BCUT2D eigenvalue weighted by Gasteiger charge is 2.78. The van der Waals surface area contributed by atoms with Crippen molar-refractivity contribution < 1.29 is 0 Å². The van der Waals surface area contributed by atoms with Gasteiger partial charge in [0.25, 0.3) is 0 Å². The lowest BCUT2D eigenvalue weighted by atomic mass is 9.38. The Morgan fingerprint density at radius 3 is 2.01 bits per heavy atom. The summed E-state index contributed by atoms with van der Waals surface area (Å²) in [6, 6.07) is 65.5. The van der Waals surface area contributed by atoms with Crippen LogP contribution in [0.15, 0.2) is 164 Å². The fourth-order valence-electron chi connectivity index (χ4n) is 21.7. The topological polar surface area (TPSA) is 8.17 Å². The van der Waals surface area contributed by atoms with Gasteiger partial charge in [-0.1, -0.05) is 127 Å². The molecule has 12 aliphatic rings. The van der Waals surface area contributed by atoms with Crippen LogP contribution < -0.4 is 15.8 Å². The van der Waals surface area contributed by atoms with E-state index in [1.54, 1.807) is 11.1 Å². The minimum atomic E-state index is -0.527. The molecule has 9 fully saturated rings. The molecule has 70 heavy (non-hydrogen) atoms. The Hall–Kier alpha value is -6.32. The standard InChI is InChI=1S/C67H53BN2/c1-3-13-40(14-4-1)67(41-15-5-2-6-16-41)52-18-9-10-21-57(52)69-58-25-38-12-7-8-17-48(38)59-51-30-43(64-32-45-24-39-31-65(45,36-64)54(39)35-64)29-50-49-28-42(63-33-46-26-44-27-47(34-63)66(44,46)37-63)22-23-56(49)70(61(50)51)68(60(58)59)55-20-11-19-53(67)62(55)69/h1-23,25,28-30,39,44-47,54H,24,26-27,31-37H2. The van der Waals surface area contributed by atoms with Crippen molar-refractivity contribution in [3.05, 3.63) is 197 Å². The van der Waals surface area contributed by atoms with Gasteiger partial charge in [0.1, 0.15) is 0 Å². The van der Waals surface area contributed by atoms with Crippen molar-refractivity contribution in [1.82, 2.24) is 4.48 Å². The van der Waals surface area contributed by atoms with Crippen LogP contribution in [0.1, 0.15) is 97.6 Å². The molecule has 1 aromatic heterocycles. The van der Waals surface area contributed by atoms with Crippen molar-refractivity contribution >= 4 is 67.4 Å². The van der Waals surface area contributed by atoms with Crippen molar-refractivity contribution in [3.8, 4) is 11.1 Å². The van der Waals surface area contributed by atoms with Crippen molar-refractivity contribution in [2.24, 2.45) is 46.3 Å². The van der Waals surface area contributed by atoms with Crippen molar-refractivity contribution in [2.45, 2.75) is 80.5 Å². The van der Waals surface area contributed by atoms with E-state index >= 15 is 0 Å². The van der Waals surface area contributed by atoms with Crippen molar-refractivity contribution in [2.75, 3.05) is 4.90 Å². The van der Waals surface area contributed by atoms with Gasteiger partial charge in [-0.05, 0) is 218 Å². The molecular weight excluding hydrogens is 844 g/mol. The Labute approximate surface area is 409 Å². The maximum absolute atomic E-state index is 2.90. The molecule has 0 N–H and O–H groups in total. The highest BCUT2D eigenvalue weighted by Crippen LogP contribution is 2.85. The normalized spacial score (nSPS) is 34.3. The molecular formula is C67H53BN2. The van der Waals surface area contributed by atoms with E-state index in [1.807, 2.05) is 0 Å². The molecule has 3 aliphatic heterocycles. The molecule has 9 aliphatic carbocycles. The van der Waals surface area contributed by atoms with Crippen LogP contribution in [-0.4, -0.2) is 11.3 Å². The Bertz CT molecular complexity index is 3890. The number of hydrogen-bond donors (Lipinski definition) is 0. The fraction of sp³-hybridized carbons (Fsp3) is 0.313. The van der Waals surface area contributed by atoms with E-state index in [0.717, 1.165) is 35.5 Å². The van der Waals surface area contributed by atoms with Gasteiger partial charge < -0.3 is 9.38 Å². The van der Waals surface area contributed by atoms with E-state index in [-0.39, 0.29) is 6.85 Å². The molecule has 0 radical (unpaired) electrons. The highest BCUT2D eigenvalue weighted by atomic mass is 15.2. The molecule has 21 rings (SSSR count). The molecule has 7 unspecified atom stereocenters. The number of aromatic nitrogens is 1. The van der Waals surface area contributed by atoms with Crippen LogP contribution in [0.3, 0.4) is 0 Å². The van der Waals surface area contributed by atoms with E-state index in [4.69, 9.17) is 0 Å². The lowest BCUT2D eigenvalue weighted by Crippen LogP contribution is -2.59. The summed E-state index contributed by atoms with van der Waals surface area (Å²) in [6.45, 7) is 0.00411. The van der Waals surface area contributed by atoms with E-state index < -0.39 is 5.41 Å². The zero-order valence-electron chi connectivity index (χ0n) is 39.6. The molecule has 8 aromatic carbocycles. The lowest BCUT2D eigenvalue weighted by Gasteiger charge is -2.66. The van der Waals surface area contributed by atoms with E-state index in [9.17, 15) is 0 Å². The van der Waals surface area contributed by atoms with Crippen LogP contribution in [0.25, 0.3) is 43.7 Å². The molecule has 9 saturated carbocycles. The summed E-state index contributed by atoms with van der Waals surface area (Å²) < 4.78 is 2.90. The second-order valence-electron chi connectivity index (χ2n) is 25.5. The van der Waals surface area contributed by atoms with Gasteiger partial charge >= 0.3 is 6.85 Å². The molecule has 2 spiro atoms. The zero-order chi connectivity index (χ0) is 44.8. The van der Waals surface area contributed by atoms with Crippen LogP contribution in [-0.2, 0) is 16.2 Å². The summed E-state index contributed by atoms with van der Waals surface area (Å²) in [6.07, 6.45) is 14.6. The highest BCUT2D eigenvalue weighted by molar-refractivity contribution is 6.90. The number of fused-ring (bicyclic) bond motifs is 13. The molecule has 9 aromatic rings. The second-order valence-corrected chi connectivity index (χ2v) is 25.5. The first-order chi connectivity index (χ1) is 34.5. The first kappa shape index (κ1) is 36.6. The predicted octanol–water partition coefficient (Wildman–Crippen LogP) is 14.2. The Kier molecular flexibility index (Phi) is 5.96. The van der Waals surface area contributed by atoms with E-state index in [0.29, 0.717) is 21.7 Å². The van der Waals surface area contributed by atoms with Crippen LogP contribution in [0.2, 0.25) is 0 Å². The van der Waals surface area contributed by atoms with Crippen molar-refractivity contribution in [3.63, 3.8) is 0 Å². The maximum Gasteiger partial charge on any atom is 0.333 e. The SMILES string of the molecule is c1ccc(C2(c3ccccc3)c3ccccc3N3c4cc5ccccc5c5c4B(c4cccc2c43)n2c3ccc(C46CC7CC8CC(C4)C87C6)cc3c3cc(C46CC7CC8CC7(C4)C8C6)cc-5c32)cc1. The van der Waals surface area contributed by atoms with Gasteiger partial charge in [-0.25, -0.2) is 0 Å². The molecule has 0 amide bonds. The summed E-state index contributed by atoms with van der Waals surface area (Å²) in [4.78, 5) is 2.73. The first-order valence-corrected chi connectivity index (χ1v) is 27.3. The Balaban J connectivity index is 0.925. The molecule has 334 valence electrons. The zero-order valence-corrected chi connectivity index (χ0v) is 39.6. The summed E-state index contributed by atoms with van der Waals surface area (Å²) in [5.74, 6) is 5.86. The van der Waals surface area contributed by atoms with E-state index in [2.05, 4.69) is 173 Å². The summed E-state index contributed by atoms with van der Waals surface area (Å²) >= 11 is 0. The number of anilines is 3. The van der Waals surface area contributed by atoms with Crippen LogP contribution in [0.4, 0.5) is 17.1 Å². The maximum atomic E-state index is 2.90. The average Bonchev–Trinajstić information content (AvgIpc) is 4.25. The number of rotatable bonds is 4. The first-order valence-electron chi connectivity index (χ1n) is 27.3. The molecule has 7 atom stereocenters. The van der Waals surface area contributed by atoms with Crippen LogP contribution in [0.5, 0.6) is 0 Å². The molecule has 3 heteroatoms. The van der Waals surface area contributed by atoms with Gasteiger partial charge in [-0.15, -0.1) is 0 Å². The van der Waals surface area contributed by atoms with Crippen molar-refractivity contribution in [1.29, 1.82) is 0 Å². The number of para-hydroxylation sites is 2. The quantitative estimate of drug-likeness (QED) is 0.160. The third-order valence-electron chi connectivity index (χ3n) is 23.8. The third kappa shape index (κ3) is 3.64. The Morgan fingerprint density at radius 1 is 0.500 bits per heavy atom. The number of nitrogens with zero attached hydrogens (tertiary/aromatic N) is 2. The molecule has 5 bridgehead atoms. The summed E-state index contributed by atoms with van der Waals surface area (Å²) in [5, 5.41) is 5.79. The second kappa shape index (κ2) is 11.4.